The molecule has 0 unspecified atom stereocenters. The zero-order valence-electron chi connectivity index (χ0n) is 15.5. The lowest BCUT2D eigenvalue weighted by Crippen LogP contribution is -3.12. The molecule has 0 saturated carbocycles. The molecular weight excluding hydrogens is 338 g/mol. The van der Waals surface area contributed by atoms with Gasteiger partial charge in [0.05, 0.1) is 37.6 Å². The van der Waals surface area contributed by atoms with E-state index in [9.17, 15) is 13.2 Å². The molecule has 0 aliphatic carbocycles. The van der Waals surface area contributed by atoms with E-state index in [1.165, 1.54) is 9.21 Å². The summed E-state index contributed by atoms with van der Waals surface area (Å²) in [5.41, 5.74) is 2.07. The lowest BCUT2D eigenvalue weighted by atomic mass is 10.1. The highest BCUT2D eigenvalue weighted by molar-refractivity contribution is 7.92. The van der Waals surface area contributed by atoms with Crippen LogP contribution in [-0.2, 0) is 10.0 Å². The normalized spacial score (nSPS) is 16.9. The Morgan fingerprint density at radius 1 is 1.24 bits per heavy atom. The molecule has 0 atom stereocenters. The van der Waals surface area contributed by atoms with Gasteiger partial charge in [0, 0.05) is 12.1 Å². The minimum Gasteiger partial charge on any atom is -0.346 e. The second kappa shape index (κ2) is 8.67. The van der Waals surface area contributed by atoms with E-state index in [-0.39, 0.29) is 11.7 Å². The van der Waals surface area contributed by atoms with Gasteiger partial charge in [-0.15, -0.1) is 0 Å². The highest BCUT2D eigenvalue weighted by atomic mass is 32.2. The first-order valence-electron chi connectivity index (χ1n) is 9.12. The third-order valence-electron chi connectivity index (χ3n) is 4.84. The molecule has 0 aromatic heterocycles. The van der Waals surface area contributed by atoms with Crippen molar-refractivity contribution in [3.05, 3.63) is 29.3 Å². The average molecular weight is 369 g/mol. The topological polar surface area (TPSA) is 70.9 Å². The van der Waals surface area contributed by atoms with Crippen LogP contribution in [0.1, 0.15) is 42.6 Å². The fourth-order valence-corrected chi connectivity index (χ4v) is 4.90. The van der Waals surface area contributed by atoms with Crippen molar-refractivity contribution in [2.24, 2.45) is 0 Å². The van der Waals surface area contributed by atoms with Gasteiger partial charge < -0.3 is 10.2 Å². The first kappa shape index (κ1) is 19.7. The van der Waals surface area contributed by atoms with Crippen LogP contribution in [-0.4, -0.2) is 52.8 Å². The van der Waals surface area contributed by atoms with Crippen LogP contribution in [0.4, 0.5) is 5.69 Å². The summed E-state index contributed by atoms with van der Waals surface area (Å²) in [7, 11) is -3.23. The van der Waals surface area contributed by atoms with E-state index in [2.05, 4.69) is 19.2 Å². The van der Waals surface area contributed by atoms with Gasteiger partial charge in [0.1, 0.15) is 0 Å². The van der Waals surface area contributed by atoms with Gasteiger partial charge in [0.25, 0.3) is 5.91 Å². The van der Waals surface area contributed by atoms with Gasteiger partial charge >= 0.3 is 0 Å². The average Bonchev–Trinajstić information content (AvgIpc) is 2.58. The number of sulfonamides is 1. The molecule has 1 aromatic carbocycles. The van der Waals surface area contributed by atoms with Crippen molar-refractivity contribution in [2.75, 3.05) is 42.8 Å². The smallest absolute Gasteiger partial charge is 0.251 e. The molecule has 1 aliphatic heterocycles. The van der Waals surface area contributed by atoms with Gasteiger partial charge in [-0.1, -0.05) is 0 Å². The summed E-state index contributed by atoms with van der Waals surface area (Å²) in [5, 5.41) is 2.95. The van der Waals surface area contributed by atoms with E-state index in [0.717, 1.165) is 31.6 Å². The van der Waals surface area contributed by atoms with Gasteiger partial charge in [-0.2, -0.15) is 0 Å². The van der Waals surface area contributed by atoms with Crippen LogP contribution in [0.5, 0.6) is 0 Å². The van der Waals surface area contributed by atoms with Crippen LogP contribution >= 0.6 is 0 Å². The highest BCUT2D eigenvalue weighted by Gasteiger charge is 2.27. The lowest BCUT2D eigenvalue weighted by Gasteiger charge is -2.29. The number of amides is 1. The predicted octanol–water partition coefficient (Wildman–Crippen LogP) is 0.580. The predicted molar refractivity (Wildman–Crippen MR) is 101 cm³/mol. The first-order chi connectivity index (χ1) is 11.9. The summed E-state index contributed by atoms with van der Waals surface area (Å²) in [6.07, 6.45) is 1.58. The third-order valence-corrected chi connectivity index (χ3v) is 6.70. The number of aryl methyl sites for hydroxylation is 1. The number of quaternary nitrogens is 1. The zero-order chi connectivity index (χ0) is 18.4. The maximum atomic E-state index is 12.3. The molecule has 6 nitrogen and oxygen atoms in total. The maximum absolute atomic E-state index is 12.3. The Balaban J connectivity index is 2.05. The van der Waals surface area contributed by atoms with E-state index in [4.69, 9.17) is 0 Å². The van der Waals surface area contributed by atoms with Crippen LogP contribution in [0.15, 0.2) is 18.2 Å². The zero-order valence-corrected chi connectivity index (χ0v) is 16.3. The van der Waals surface area contributed by atoms with Crippen molar-refractivity contribution in [3.63, 3.8) is 0 Å². The Hall–Kier alpha value is -1.60. The monoisotopic (exact) mass is 368 g/mol. The number of carbonyl (C=O) groups is 1. The van der Waals surface area contributed by atoms with Crippen LogP contribution in [0.3, 0.4) is 0 Å². The Labute approximate surface area is 151 Å². The van der Waals surface area contributed by atoms with Crippen molar-refractivity contribution in [3.8, 4) is 0 Å². The van der Waals surface area contributed by atoms with Crippen molar-refractivity contribution >= 4 is 21.6 Å². The van der Waals surface area contributed by atoms with Crippen LogP contribution in [0.25, 0.3) is 0 Å². The Morgan fingerprint density at radius 2 is 1.96 bits per heavy atom. The molecule has 1 fully saturated rings. The molecule has 1 saturated heterocycles. The van der Waals surface area contributed by atoms with E-state index in [1.54, 1.807) is 18.2 Å². The second-order valence-corrected chi connectivity index (χ2v) is 8.57. The molecule has 2 N–H and O–H groups in total. The van der Waals surface area contributed by atoms with Crippen molar-refractivity contribution in [2.45, 2.75) is 33.6 Å². The number of carbonyl (C=O) groups excluding carboxylic acids is 1. The number of nitrogens with zero attached hydrogens (tertiary/aromatic N) is 1. The largest absolute Gasteiger partial charge is 0.346 e. The quantitative estimate of drug-likeness (QED) is 0.740. The first-order valence-corrected chi connectivity index (χ1v) is 10.7. The number of benzene rings is 1. The molecule has 140 valence electrons. The Bertz CT molecular complexity index is 700. The van der Waals surface area contributed by atoms with E-state index in [0.29, 0.717) is 30.8 Å². The van der Waals surface area contributed by atoms with Gasteiger partial charge in [-0.05, 0) is 57.4 Å². The fourth-order valence-electron chi connectivity index (χ4n) is 3.19. The maximum Gasteiger partial charge on any atom is 0.251 e. The summed E-state index contributed by atoms with van der Waals surface area (Å²) in [4.78, 5) is 13.8. The van der Waals surface area contributed by atoms with E-state index >= 15 is 0 Å². The molecule has 25 heavy (non-hydrogen) atoms. The van der Waals surface area contributed by atoms with Gasteiger partial charge in [0.15, 0.2) is 0 Å². The lowest BCUT2D eigenvalue weighted by molar-refractivity contribution is -0.895. The summed E-state index contributed by atoms with van der Waals surface area (Å²) >= 11 is 0. The van der Waals surface area contributed by atoms with Crippen molar-refractivity contribution in [1.29, 1.82) is 0 Å². The fraction of sp³-hybridized carbons (Fsp3) is 0.611. The standard InChI is InChI=1S/C18H29N3O3S/c1-4-20(5-2)12-10-19-18(22)16-8-9-17(15(3)14-16)21-11-6-7-13-25(21,23)24/h8-9,14H,4-7,10-13H2,1-3H3,(H,19,22)/p+1. The number of rotatable bonds is 7. The Kier molecular flexibility index (Phi) is 6.84. The minimum absolute atomic E-state index is 0.109. The van der Waals surface area contributed by atoms with Crippen molar-refractivity contribution < 1.29 is 18.1 Å². The van der Waals surface area contributed by atoms with Gasteiger partial charge in [-0.3, -0.25) is 9.10 Å². The number of nitrogens with one attached hydrogen (secondary N) is 2. The molecule has 0 radical (unpaired) electrons. The van der Waals surface area contributed by atoms with Crippen LogP contribution < -0.4 is 14.5 Å². The molecule has 1 aromatic rings. The molecule has 0 spiro atoms. The molecule has 2 rings (SSSR count). The summed E-state index contributed by atoms with van der Waals surface area (Å²) in [5.74, 6) is 0.0882. The van der Waals surface area contributed by atoms with Crippen LogP contribution in [0.2, 0.25) is 0 Å². The molecule has 1 heterocycles. The van der Waals surface area contributed by atoms with E-state index in [1.807, 2.05) is 6.92 Å². The number of hydrogen-bond acceptors (Lipinski definition) is 3. The minimum atomic E-state index is -3.23. The molecule has 0 bridgehead atoms. The van der Waals surface area contributed by atoms with Crippen LogP contribution in [0, 0.1) is 6.92 Å². The third kappa shape index (κ3) is 4.95. The molecule has 1 aliphatic rings. The van der Waals surface area contributed by atoms with E-state index < -0.39 is 10.0 Å². The second-order valence-electron chi connectivity index (χ2n) is 6.56. The van der Waals surface area contributed by atoms with Crippen molar-refractivity contribution in [1.82, 2.24) is 5.32 Å². The summed E-state index contributed by atoms with van der Waals surface area (Å²) in [6.45, 7) is 10.3. The molecular formula is C18H30N3O3S+. The molecule has 1 amide bonds. The molecule has 7 heteroatoms. The number of anilines is 1. The number of likely N-dealkylation sites (N-methyl/N-ethyl adjacent to an activating group) is 1. The van der Waals surface area contributed by atoms with Gasteiger partial charge in [-0.25, -0.2) is 8.42 Å². The van der Waals surface area contributed by atoms with Gasteiger partial charge in [0.2, 0.25) is 10.0 Å². The highest BCUT2D eigenvalue weighted by Crippen LogP contribution is 2.27. The summed E-state index contributed by atoms with van der Waals surface area (Å²) in [6, 6.07) is 5.24. The summed E-state index contributed by atoms with van der Waals surface area (Å²) < 4.78 is 26.0. The number of hydrogen-bond donors (Lipinski definition) is 2. The SMILES string of the molecule is CC[NH+](CC)CCNC(=O)c1ccc(N2CCCCS2(=O)=O)c(C)c1. The Morgan fingerprint density at radius 3 is 2.56 bits per heavy atom.